The van der Waals surface area contributed by atoms with Gasteiger partial charge in [0.15, 0.2) is 0 Å². The van der Waals surface area contributed by atoms with Crippen LogP contribution in [0, 0.1) is 12.3 Å². The number of hydrogen-bond donors (Lipinski definition) is 1. The summed E-state index contributed by atoms with van der Waals surface area (Å²) in [6.07, 6.45) is 9.65. The number of aromatic nitrogens is 1. The highest BCUT2D eigenvalue weighted by Gasteiger charge is 2.48. The van der Waals surface area contributed by atoms with Crippen LogP contribution >= 0.6 is 11.3 Å². The van der Waals surface area contributed by atoms with Crippen molar-refractivity contribution < 1.29 is 9.59 Å². The highest BCUT2D eigenvalue weighted by molar-refractivity contribution is 7.19. The van der Waals surface area contributed by atoms with E-state index in [0.29, 0.717) is 17.8 Å². The fraction of sp³-hybridized carbons (Fsp3) is 0.278. The van der Waals surface area contributed by atoms with E-state index in [2.05, 4.69) is 10.9 Å². The predicted molar refractivity (Wildman–Crippen MR) is 94.3 cm³/mol. The van der Waals surface area contributed by atoms with Crippen molar-refractivity contribution >= 4 is 28.2 Å². The molecule has 122 valence electrons. The van der Waals surface area contributed by atoms with E-state index in [0.717, 1.165) is 23.4 Å². The molecule has 5 nitrogen and oxygen atoms in total. The van der Waals surface area contributed by atoms with Crippen molar-refractivity contribution in [1.29, 1.82) is 0 Å². The van der Waals surface area contributed by atoms with Crippen molar-refractivity contribution in [2.24, 2.45) is 5.73 Å². The number of benzene rings is 1. The van der Waals surface area contributed by atoms with Crippen LogP contribution in [-0.2, 0) is 9.59 Å². The van der Waals surface area contributed by atoms with Crippen molar-refractivity contribution in [3.8, 4) is 22.9 Å². The maximum atomic E-state index is 12.4. The van der Waals surface area contributed by atoms with Gasteiger partial charge in [-0.25, -0.2) is 4.98 Å². The Morgan fingerprint density at radius 2 is 1.92 bits per heavy atom. The first-order valence-electron chi connectivity index (χ1n) is 7.70. The third-order valence-corrected chi connectivity index (χ3v) is 5.41. The van der Waals surface area contributed by atoms with Gasteiger partial charge >= 0.3 is 5.91 Å². The normalized spacial score (nSPS) is 15.6. The van der Waals surface area contributed by atoms with Crippen LogP contribution in [-0.4, -0.2) is 22.3 Å². The van der Waals surface area contributed by atoms with Gasteiger partial charge in [-0.3, -0.25) is 14.5 Å². The largest absolute Gasteiger partial charge is 0.368 e. The SMILES string of the molecule is C#CC(=O)N(c1cnc(-c2ccccc2)s1)C1(C(N)=O)CCCC1. The zero-order valence-electron chi connectivity index (χ0n) is 13.1. The minimum Gasteiger partial charge on any atom is -0.368 e. The van der Waals surface area contributed by atoms with Crippen molar-refractivity contribution in [2.45, 2.75) is 31.2 Å². The molecule has 0 radical (unpaired) electrons. The number of anilines is 1. The number of nitrogens with zero attached hydrogens (tertiary/aromatic N) is 2. The first kappa shape index (κ1) is 16.2. The summed E-state index contributed by atoms with van der Waals surface area (Å²) >= 11 is 1.33. The van der Waals surface area contributed by atoms with Gasteiger partial charge in [0.2, 0.25) is 5.91 Å². The average molecular weight is 339 g/mol. The lowest BCUT2D eigenvalue weighted by Gasteiger charge is -2.36. The summed E-state index contributed by atoms with van der Waals surface area (Å²) < 4.78 is 0. The Hall–Kier alpha value is -2.65. The number of terminal acetylenes is 1. The number of amides is 2. The van der Waals surface area contributed by atoms with Crippen LogP contribution in [0.15, 0.2) is 36.5 Å². The molecule has 1 aliphatic rings. The Kier molecular flexibility index (Phi) is 4.36. The number of rotatable bonds is 4. The molecule has 0 atom stereocenters. The van der Waals surface area contributed by atoms with E-state index in [9.17, 15) is 9.59 Å². The predicted octanol–water partition coefficient (Wildman–Crippen LogP) is 2.57. The molecule has 0 bridgehead atoms. The molecule has 2 aromatic rings. The Labute approximate surface area is 144 Å². The Morgan fingerprint density at radius 3 is 2.50 bits per heavy atom. The average Bonchev–Trinajstić information content (AvgIpc) is 3.26. The van der Waals surface area contributed by atoms with Gasteiger partial charge < -0.3 is 5.73 Å². The summed E-state index contributed by atoms with van der Waals surface area (Å²) in [5.74, 6) is 1.06. The maximum Gasteiger partial charge on any atom is 0.304 e. The molecule has 0 unspecified atom stereocenters. The number of hydrogen-bond acceptors (Lipinski definition) is 4. The Morgan fingerprint density at radius 1 is 1.25 bits per heavy atom. The molecule has 1 heterocycles. The van der Waals surface area contributed by atoms with Gasteiger partial charge in [-0.1, -0.05) is 54.5 Å². The quantitative estimate of drug-likeness (QED) is 0.870. The highest BCUT2D eigenvalue weighted by atomic mass is 32.1. The Balaban J connectivity index is 2.05. The van der Waals surface area contributed by atoms with Gasteiger partial charge in [-0.05, 0) is 18.8 Å². The molecule has 1 aromatic heterocycles. The second-order valence-electron chi connectivity index (χ2n) is 5.76. The molecule has 1 fully saturated rings. The lowest BCUT2D eigenvalue weighted by molar-refractivity contribution is -0.126. The van der Waals surface area contributed by atoms with Crippen molar-refractivity contribution in [1.82, 2.24) is 4.98 Å². The summed E-state index contributed by atoms with van der Waals surface area (Å²) in [7, 11) is 0. The van der Waals surface area contributed by atoms with Gasteiger partial charge in [0.05, 0.1) is 6.20 Å². The Bertz CT molecular complexity index is 801. The van der Waals surface area contributed by atoms with Gasteiger partial charge in [-0.2, -0.15) is 0 Å². The van der Waals surface area contributed by atoms with Crippen molar-refractivity contribution in [2.75, 3.05) is 4.90 Å². The molecule has 0 saturated heterocycles. The van der Waals surface area contributed by atoms with Crippen LogP contribution in [0.3, 0.4) is 0 Å². The molecular formula is C18H17N3O2S. The van der Waals surface area contributed by atoms with Gasteiger partial charge in [0.25, 0.3) is 0 Å². The molecule has 2 amide bonds. The third-order valence-electron chi connectivity index (χ3n) is 4.38. The fourth-order valence-corrected chi connectivity index (χ4v) is 4.20. The summed E-state index contributed by atoms with van der Waals surface area (Å²) in [6.45, 7) is 0. The second-order valence-corrected chi connectivity index (χ2v) is 6.77. The van der Waals surface area contributed by atoms with Crippen LogP contribution in [0.2, 0.25) is 0 Å². The first-order valence-corrected chi connectivity index (χ1v) is 8.52. The molecule has 6 heteroatoms. The standard InChI is InChI=1S/C18H17N3O2S/c1-2-14(22)21(18(17(19)23)10-6-7-11-18)15-12-20-16(24-15)13-8-4-3-5-9-13/h1,3-5,8-9,12H,6-7,10-11H2,(H2,19,23). The molecule has 2 N–H and O–H groups in total. The molecule has 1 aromatic carbocycles. The second kappa shape index (κ2) is 6.46. The lowest BCUT2D eigenvalue weighted by atomic mass is 9.94. The van der Waals surface area contributed by atoms with E-state index in [4.69, 9.17) is 12.2 Å². The summed E-state index contributed by atoms with van der Waals surface area (Å²) in [5, 5.41) is 1.32. The minimum atomic E-state index is -1.05. The lowest BCUT2D eigenvalue weighted by Crippen LogP contribution is -2.58. The van der Waals surface area contributed by atoms with E-state index in [1.807, 2.05) is 30.3 Å². The summed E-state index contributed by atoms with van der Waals surface area (Å²) in [6, 6.07) is 9.64. The number of nitrogens with two attached hydrogens (primary N) is 1. The first-order chi connectivity index (χ1) is 11.6. The van der Waals surface area contributed by atoms with E-state index in [1.54, 1.807) is 6.20 Å². The van der Waals surface area contributed by atoms with E-state index in [1.165, 1.54) is 16.2 Å². The van der Waals surface area contributed by atoms with Gasteiger partial charge in [-0.15, -0.1) is 6.42 Å². The number of carbonyl (C=O) groups excluding carboxylic acids is 2. The van der Waals surface area contributed by atoms with Crippen molar-refractivity contribution in [3.05, 3.63) is 36.5 Å². The van der Waals surface area contributed by atoms with Crippen LogP contribution < -0.4 is 10.6 Å². The van der Waals surface area contributed by atoms with Gasteiger partial charge in [0.1, 0.15) is 15.5 Å². The molecular weight excluding hydrogens is 322 g/mol. The van der Waals surface area contributed by atoms with Crippen LogP contribution in [0.4, 0.5) is 5.00 Å². The fourth-order valence-electron chi connectivity index (χ4n) is 3.19. The maximum absolute atomic E-state index is 12.4. The molecule has 3 rings (SSSR count). The molecule has 1 aliphatic carbocycles. The zero-order chi connectivity index (χ0) is 17.2. The summed E-state index contributed by atoms with van der Waals surface area (Å²) in [4.78, 5) is 30.4. The molecule has 0 spiro atoms. The highest BCUT2D eigenvalue weighted by Crippen LogP contribution is 2.41. The van der Waals surface area contributed by atoms with E-state index >= 15 is 0 Å². The molecule has 1 saturated carbocycles. The van der Waals surface area contributed by atoms with E-state index in [-0.39, 0.29) is 0 Å². The monoisotopic (exact) mass is 339 g/mol. The van der Waals surface area contributed by atoms with Crippen LogP contribution in [0.25, 0.3) is 10.6 Å². The number of carbonyl (C=O) groups is 2. The van der Waals surface area contributed by atoms with Crippen LogP contribution in [0.5, 0.6) is 0 Å². The molecule has 24 heavy (non-hydrogen) atoms. The number of primary amides is 1. The van der Waals surface area contributed by atoms with Crippen LogP contribution in [0.1, 0.15) is 25.7 Å². The smallest absolute Gasteiger partial charge is 0.304 e. The van der Waals surface area contributed by atoms with E-state index < -0.39 is 17.4 Å². The third kappa shape index (κ3) is 2.68. The number of thiazole rings is 1. The zero-order valence-corrected chi connectivity index (χ0v) is 13.9. The molecule has 0 aliphatic heterocycles. The topological polar surface area (TPSA) is 76.3 Å². The van der Waals surface area contributed by atoms with Gasteiger partial charge in [0, 0.05) is 5.56 Å². The minimum absolute atomic E-state index is 0.515. The summed E-state index contributed by atoms with van der Waals surface area (Å²) in [5.41, 5.74) is 5.56. The van der Waals surface area contributed by atoms with Crippen molar-refractivity contribution in [3.63, 3.8) is 0 Å².